The number of methoxy groups -OCH3 is 1. The molecule has 0 aromatic carbocycles. The SMILES string of the molecule is COC(=O)[C@]1(C)CCC[C@@]2(C)C3CC[C@@H]4C[C@@]3(CCC21)C[C@@H]4C1NCCCN1. The highest BCUT2D eigenvalue weighted by molar-refractivity contribution is 5.77. The maximum absolute atomic E-state index is 12.8. The molecule has 7 atom stereocenters. The summed E-state index contributed by atoms with van der Waals surface area (Å²) in [6, 6.07) is 0. The first-order valence-electron chi connectivity index (χ1n) is 12.0. The van der Waals surface area contributed by atoms with E-state index in [0.717, 1.165) is 24.2 Å². The Kier molecular flexibility index (Phi) is 4.63. The highest BCUT2D eigenvalue weighted by atomic mass is 16.5. The molecule has 4 nitrogen and oxygen atoms in total. The number of carbonyl (C=O) groups excluding carboxylic acids is 1. The van der Waals surface area contributed by atoms with Gasteiger partial charge in [0.15, 0.2) is 0 Å². The lowest BCUT2D eigenvalue weighted by molar-refractivity contribution is -0.183. The molecular weight excluding hydrogens is 348 g/mol. The summed E-state index contributed by atoms with van der Waals surface area (Å²) in [6.07, 6.45) is 13.5. The summed E-state index contributed by atoms with van der Waals surface area (Å²) in [5, 5.41) is 7.59. The molecule has 2 unspecified atom stereocenters. The number of carbonyl (C=O) groups is 1. The fourth-order valence-electron chi connectivity index (χ4n) is 9.34. The van der Waals surface area contributed by atoms with Gasteiger partial charge >= 0.3 is 5.97 Å². The van der Waals surface area contributed by atoms with Gasteiger partial charge in [0.2, 0.25) is 0 Å². The van der Waals surface area contributed by atoms with Crippen molar-refractivity contribution in [1.29, 1.82) is 0 Å². The van der Waals surface area contributed by atoms with E-state index in [1.54, 1.807) is 7.11 Å². The second-order valence-electron chi connectivity index (χ2n) is 11.4. The molecule has 5 aliphatic rings. The first-order chi connectivity index (χ1) is 13.4. The van der Waals surface area contributed by atoms with Gasteiger partial charge in [-0.05, 0) is 112 Å². The molecule has 1 aliphatic heterocycles. The van der Waals surface area contributed by atoms with Crippen LogP contribution in [0.1, 0.15) is 78.1 Å². The lowest BCUT2D eigenvalue weighted by atomic mass is 9.41. The molecule has 4 heteroatoms. The molecule has 0 radical (unpaired) electrons. The third-order valence-electron chi connectivity index (χ3n) is 10.3. The minimum Gasteiger partial charge on any atom is -0.469 e. The van der Waals surface area contributed by atoms with E-state index in [1.807, 2.05) is 0 Å². The van der Waals surface area contributed by atoms with Gasteiger partial charge in [-0.1, -0.05) is 13.3 Å². The standard InChI is InChI=1S/C24H40N2O2/c1-22-9-4-10-23(2,21(27)28-3)18(22)8-11-24-14-16(6-7-19(22)24)17(15-24)20-25-12-5-13-26-20/h16-20,25-26H,4-15H2,1-3H3/t16-,17+,18?,19?,22-,23-,24+/m1/s1. The molecule has 0 aromatic rings. The van der Waals surface area contributed by atoms with Gasteiger partial charge in [-0.3, -0.25) is 4.79 Å². The van der Waals surface area contributed by atoms with Crippen molar-refractivity contribution in [2.45, 2.75) is 84.2 Å². The highest BCUT2D eigenvalue weighted by Crippen LogP contribution is 2.72. The zero-order valence-electron chi connectivity index (χ0n) is 18.2. The number of ether oxygens (including phenoxy) is 1. The molecule has 1 heterocycles. The van der Waals surface area contributed by atoms with Crippen LogP contribution in [0.4, 0.5) is 0 Å². The van der Waals surface area contributed by atoms with E-state index in [4.69, 9.17) is 4.74 Å². The van der Waals surface area contributed by atoms with Crippen molar-refractivity contribution in [3.8, 4) is 0 Å². The van der Waals surface area contributed by atoms with Crippen LogP contribution in [-0.2, 0) is 9.53 Å². The molecule has 28 heavy (non-hydrogen) atoms. The maximum atomic E-state index is 12.8. The molecule has 0 amide bonds. The van der Waals surface area contributed by atoms with Crippen LogP contribution >= 0.6 is 0 Å². The van der Waals surface area contributed by atoms with Crippen molar-refractivity contribution >= 4 is 5.97 Å². The lowest BCUT2D eigenvalue weighted by Crippen LogP contribution is -2.58. The molecular formula is C24H40N2O2. The average molecular weight is 389 g/mol. The summed E-state index contributed by atoms with van der Waals surface area (Å²) >= 11 is 0. The summed E-state index contributed by atoms with van der Waals surface area (Å²) in [5.41, 5.74) is 0.575. The average Bonchev–Trinajstić information content (AvgIpc) is 2.98. The Morgan fingerprint density at radius 3 is 2.46 bits per heavy atom. The van der Waals surface area contributed by atoms with Crippen LogP contribution in [0.25, 0.3) is 0 Å². The van der Waals surface area contributed by atoms with Crippen LogP contribution < -0.4 is 10.6 Å². The Morgan fingerprint density at radius 1 is 0.929 bits per heavy atom. The van der Waals surface area contributed by atoms with Gasteiger partial charge in [0.1, 0.15) is 0 Å². The van der Waals surface area contributed by atoms with Gasteiger partial charge in [-0.2, -0.15) is 0 Å². The fourth-order valence-corrected chi connectivity index (χ4v) is 9.34. The quantitative estimate of drug-likeness (QED) is 0.700. The Morgan fingerprint density at radius 2 is 1.71 bits per heavy atom. The van der Waals surface area contributed by atoms with Crippen LogP contribution in [0.3, 0.4) is 0 Å². The van der Waals surface area contributed by atoms with Crippen LogP contribution in [0, 0.1) is 39.9 Å². The first-order valence-corrected chi connectivity index (χ1v) is 12.0. The lowest BCUT2D eigenvalue weighted by Gasteiger charge is -2.63. The van der Waals surface area contributed by atoms with E-state index in [9.17, 15) is 4.79 Å². The molecule has 158 valence electrons. The number of fused-ring (bicyclic) bond motifs is 3. The highest BCUT2D eigenvalue weighted by Gasteiger charge is 2.66. The van der Waals surface area contributed by atoms with Crippen LogP contribution in [0.15, 0.2) is 0 Å². The van der Waals surface area contributed by atoms with E-state index in [-0.39, 0.29) is 11.4 Å². The second kappa shape index (κ2) is 6.70. The Labute approximate surface area is 170 Å². The molecule has 5 rings (SSSR count). The van der Waals surface area contributed by atoms with Crippen molar-refractivity contribution in [2.75, 3.05) is 20.2 Å². The number of esters is 1. The fraction of sp³-hybridized carbons (Fsp3) is 0.958. The minimum atomic E-state index is -0.273. The Balaban J connectivity index is 1.44. The first kappa shape index (κ1) is 19.4. The van der Waals surface area contributed by atoms with Gasteiger partial charge < -0.3 is 15.4 Å². The Bertz CT molecular complexity index is 632. The largest absolute Gasteiger partial charge is 0.469 e. The molecule has 1 saturated heterocycles. The van der Waals surface area contributed by atoms with Crippen molar-refractivity contribution in [2.24, 2.45) is 39.9 Å². The number of nitrogens with one attached hydrogen (secondary N) is 2. The summed E-state index contributed by atoms with van der Waals surface area (Å²) in [6.45, 7) is 7.13. The third-order valence-corrected chi connectivity index (χ3v) is 10.3. The van der Waals surface area contributed by atoms with E-state index in [2.05, 4.69) is 24.5 Å². The third kappa shape index (κ3) is 2.59. The minimum absolute atomic E-state index is 0.0490. The Hall–Kier alpha value is -0.610. The van der Waals surface area contributed by atoms with Crippen molar-refractivity contribution < 1.29 is 9.53 Å². The molecule has 5 fully saturated rings. The number of hydrogen-bond acceptors (Lipinski definition) is 4. The molecule has 2 bridgehead atoms. The van der Waals surface area contributed by atoms with E-state index >= 15 is 0 Å². The smallest absolute Gasteiger partial charge is 0.311 e. The van der Waals surface area contributed by atoms with Crippen molar-refractivity contribution in [1.82, 2.24) is 10.6 Å². The second-order valence-corrected chi connectivity index (χ2v) is 11.4. The summed E-state index contributed by atoms with van der Waals surface area (Å²) in [4.78, 5) is 12.8. The zero-order chi connectivity index (χ0) is 19.6. The summed E-state index contributed by atoms with van der Waals surface area (Å²) in [7, 11) is 1.58. The summed E-state index contributed by atoms with van der Waals surface area (Å²) < 4.78 is 5.32. The van der Waals surface area contributed by atoms with Gasteiger partial charge in [-0.25, -0.2) is 0 Å². The maximum Gasteiger partial charge on any atom is 0.311 e. The van der Waals surface area contributed by atoms with Gasteiger partial charge in [0, 0.05) is 0 Å². The van der Waals surface area contributed by atoms with Crippen LogP contribution in [-0.4, -0.2) is 32.3 Å². The van der Waals surface area contributed by atoms with E-state index < -0.39 is 0 Å². The normalized spacial score (nSPS) is 51.2. The van der Waals surface area contributed by atoms with E-state index in [0.29, 0.717) is 22.9 Å². The molecule has 1 spiro atoms. The predicted molar refractivity (Wildman–Crippen MR) is 111 cm³/mol. The number of hydrogen-bond donors (Lipinski definition) is 2. The topological polar surface area (TPSA) is 50.4 Å². The van der Waals surface area contributed by atoms with Crippen LogP contribution in [0.5, 0.6) is 0 Å². The van der Waals surface area contributed by atoms with Gasteiger partial charge in [0.25, 0.3) is 0 Å². The van der Waals surface area contributed by atoms with Crippen molar-refractivity contribution in [3.63, 3.8) is 0 Å². The molecule has 4 aliphatic carbocycles. The molecule has 2 N–H and O–H groups in total. The molecule has 4 saturated carbocycles. The number of rotatable bonds is 2. The molecule has 0 aromatic heterocycles. The van der Waals surface area contributed by atoms with Gasteiger partial charge in [-0.15, -0.1) is 0 Å². The summed E-state index contributed by atoms with van der Waals surface area (Å²) in [5.74, 6) is 3.05. The zero-order valence-corrected chi connectivity index (χ0v) is 18.2. The van der Waals surface area contributed by atoms with Crippen molar-refractivity contribution in [3.05, 3.63) is 0 Å². The van der Waals surface area contributed by atoms with Crippen LogP contribution in [0.2, 0.25) is 0 Å². The predicted octanol–water partition coefficient (Wildman–Crippen LogP) is 4.10. The van der Waals surface area contributed by atoms with E-state index in [1.165, 1.54) is 70.9 Å². The monoisotopic (exact) mass is 388 g/mol. The van der Waals surface area contributed by atoms with Gasteiger partial charge in [0.05, 0.1) is 18.7 Å².